The quantitative estimate of drug-likeness (QED) is 0.894. The second-order valence-electron chi connectivity index (χ2n) is 5.18. The summed E-state index contributed by atoms with van der Waals surface area (Å²) >= 11 is 0. The molecule has 0 amide bonds. The summed E-state index contributed by atoms with van der Waals surface area (Å²) in [6.07, 6.45) is 8.93. The van der Waals surface area contributed by atoms with Crippen LogP contribution in [0.5, 0.6) is 0 Å². The van der Waals surface area contributed by atoms with Gasteiger partial charge in [-0.25, -0.2) is 0 Å². The van der Waals surface area contributed by atoms with Crippen LogP contribution in [0.3, 0.4) is 0 Å². The van der Waals surface area contributed by atoms with Crippen molar-refractivity contribution in [3.05, 3.63) is 36.2 Å². The zero-order chi connectivity index (χ0) is 12.4. The molecule has 18 heavy (non-hydrogen) atoms. The van der Waals surface area contributed by atoms with Crippen LogP contribution in [0.15, 0.2) is 30.6 Å². The second kappa shape index (κ2) is 5.02. The molecular weight excluding hydrogens is 222 g/mol. The van der Waals surface area contributed by atoms with Crippen LogP contribution < -0.4 is 5.32 Å². The molecule has 1 heterocycles. The van der Waals surface area contributed by atoms with Gasteiger partial charge in [0.2, 0.25) is 0 Å². The smallest absolute Gasteiger partial charge is 0.0890 e. The lowest BCUT2D eigenvalue weighted by atomic mass is 9.79. The van der Waals surface area contributed by atoms with Gasteiger partial charge in [-0.1, -0.05) is 25.3 Å². The molecule has 0 bridgehead atoms. The third-order valence-electron chi connectivity index (χ3n) is 4.04. The van der Waals surface area contributed by atoms with Crippen molar-refractivity contribution in [2.24, 2.45) is 5.92 Å². The van der Waals surface area contributed by atoms with Crippen molar-refractivity contribution < 1.29 is 0 Å². The Bertz CT molecular complexity index is 534. The molecule has 94 valence electrons. The van der Waals surface area contributed by atoms with Crippen molar-refractivity contribution in [1.82, 2.24) is 15.3 Å². The third-order valence-corrected chi connectivity index (χ3v) is 4.04. The molecule has 0 radical (unpaired) electrons. The number of nitrogens with one attached hydrogen (secondary N) is 1. The zero-order valence-electron chi connectivity index (χ0n) is 10.8. The van der Waals surface area contributed by atoms with Gasteiger partial charge < -0.3 is 5.32 Å². The summed E-state index contributed by atoms with van der Waals surface area (Å²) in [4.78, 5) is 8.69. The van der Waals surface area contributed by atoms with E-state index >= 15 is 0 Å². The molecule has 1 aliphatic rings. The lowest BCUT2D eigenvalue weighted by Crippen LogP contribution is -2.23. The maximum Gasteiger partial charge on any atom is 0.0890 e. The fourth-order valence-electron chi connectivity index (χ4n) is 2.68. The molecule has 1 saturated carbocycles. The topological polar surface area (TPSA) is 37.8 Å². The Morgan fingerprint density at radius 3 is 2.67 bits per heavy atom. The fraction of sp³-hybridized carbons (Fsp3) is 0.467. The lowest BCUT2D eigenvalue weighted by molar-refractivity contribution is 0.266. The van der Waals surface area contributed by atoms with Gasteiger partial charge in [0.05, 0.1) is 11.0 Å². The number of rotatable bonds is 4. The molecule has 1 unspecified atom stereocenters. The number of hydrogen-bond acceptors (Lipinski definition) is 3. The maximum absolute atomic E-state index is 4.38. The van der Waals surface area contributed by atoms with E-state index in [1.807, 2.05) is 7.05 Å². The number of hydrogen-bond donors (Lipinski definition) is 1. The Hall–Kier alpha value is -1.48. The summed E-state index contributed by atoms with van der Waals surface area (Å²) in [6.45, 7) is 0. The Morgan fingerprint density at radius 2 is 2.00 bits per heavy atom. The average Bonchev–Trinajstić information content (AvgIpc) is 2.37. The molecule has 3 nitrogen and oxygen atoms in total. The lowest BCUT2D eigenvalue weighted by Gasteiger charge is -2.29. The summed E-state index contributed by atoms with van der Waals surface area (Å²) < 4.78 is 0. The molecule has 0 spiro atoms. The zero-order valence-corrected chi connectivity index (χ0v) is 10.8. The molecule has 0 aliphatic heterocycles. The Kier molecular flexibility index (Phi) is 3.24. The van der Waals surface area contributed by atoms with Gasteiger partial charge in [0.1, 0.15) is 0 Å². The summed E-state index contributed by atoms with van der Waals surface area (Å²) in [5.74, 6) is 0.903. The normalized spacial score (nSPS) is 17.6. The van der Waals surface area contributed by atoms with Crippen molar-refractivity contribution in [2.45, 2.75) is 31.7 Å². The summed E-state index contributed by atoms with van der Waals surface area (Å²) in [5, 5.41) is 3.43. The molecule has 0 saturated heterocycles. The van der Waals surface area contributed by atoms with E-state index in [-0.39, 0.29) is 0 Å². The Labute approximate surface area is 108 Å². The highest BCUT2D eigenvalue weighted by atomic mass is 14.9. The van der Waals surface area contributed by atoms with Crippen molar-refractivity contribution in [3.8, 4) is 0 Å². The molecular formula is C15H19N3. The van der Waals surface area contributed by atoms with Gasteiger partial charge in [-0.05, 0) is 37.1 Å². The molecule has 3 heteroatoms. The Balaban J connectivity index is 1.86. The van der Waals surface area contributed by atoms with E-state index in [0.717, 1.165) is 17.0 Å². The average molecular weight is 241 g/mol. The highest BCUT2D eigenvalue weighted by molar-refractivity contribution is 5.74. The van der Waals surface area contributed by atoms with E-state index in [4.69, 9.17) is 0 Å². The molecule has 1 aromatic carbocycles. The summed E-state index contributed by atoms with van der Waals surface area (Å²) in [6, 6.07) is 6.86. The van der Waals surface area contributed by atoms with E-state index in [2.05, 4.69) is 33.5 Å². The van der Waals surface area contributed by atoms with E-state index < -0.39 is 0 Å². The minimum absolute atomic E-state index is 0.446. The van der Waals surface area contributed by atoms with Gasteiger partial charge in [0.15, 0.2) is 0 Å². The number of fused-ring (bicyclic) bond motifs is 1. The van der Waals surface area contributed by atoms with Gasteiger partial charge >= 0.3 is 0 Å². The molecule has 3 rings (SSSR count). The predicted octanol–water partition coefficient (Wildman–Crippen LogP) is 3.08. The van der Waals surface area contributed by atoms with Crippen molar-refractivity contribution >= 4 is 11.0 Å². The molecule has 1 aliphatic carbocycles. The van der Waals surface area contributed by atoms with Gasteiger partial charge in [-0.2, -0.15) is 0 Å². The highest BCUT2D eigenvalue weighted by Gasteiger charge is 2.22. The number of nitrogens with zero attached hydrogens (tertiary/aromatic N) is 2. The minimum atomic E-state index is 0.446. The fourth-order valence-corrected chi connectivity index (χ4v) is 2.68. The van der Waals surface area contributed by atoms with Crippen LogP contribution >= 0.6 is 0 Å². The van der Waals surface area contributed by atoms with E-state index in [0.29, 0.717) is 6.04 Å². The molecule has 1 aromatic heterocycles. The Morgan fingerprint density at radius 1 is 1.22 bits per heavy atom. The first kappa shape index (κ1) is 11.6. The maximum atomic E-state index is 4.38. The van der Waals surface area contributed by atoms with E-state index in [1.54, 1.807) is 12.4 Å². The van der Waals surface area contributed by atoms with E-state index in [9.17, 15) is 0 Å². The van der Waals surface area contributed by atoms with Crippen molar-refractivity contribution in [2.75, 3.05) is 7.05 Å². The van der Waals surface area contributed by atoms with Crippen LogP contribution in [0.2, 0.25) is 0 Å². The SMILES string of the molecule is CNC(CC1CCC1)c1ccc2nccnc2c1. The standard InChI is InChI=1S/C15H19N3/c1-16-14(9-11-3-2-4-11)12-5-6-13-15(10-12)18-8-7-17-13/h5-8,10-11,14,16H,2-4,9H2,1H3. The van der Waals surface area contributed by atoms with Crippen LogP contribution in [-0.4, -0.2) is 17.0 Å². The molecule has 1 fully saturated rings. The van der Waals surface area contributed by atoms with Crippen LogP contribution in [0.25, 0.3) is 11.0 Å². The minimum Gasteiger partial charge on any atom is -0.313 e. The largest absolute Gasteiger partial charge is 0.313 e. The van der Waals surface area contributed by atoms with Gasteiger partial charge in [-0.15, -0.1) is 0 Å². The second-order valence-corrected chi connectivity index (χ2v) is 5.18. The van der Waals surface area contributed by atoms with Crippen molar-refractivity contribution in [3.63, 3.8) is 0 Å². The van der Waals surface area contributed by atoms with Gasteiger partial charge in [0.25, 0.3) is 0 Å². The van der Waals surface area contributed by atoms with Crippen LogP contribution in [0.4, 0.5) is 0 Å². The van der Waals surface area contributed by atoms with Gasteiger partial charge in [-0.3, -0.25) is 9.97 Å². The van der Waals surface area contributed by atoms with Crippen LogP contribution in [-0.2, 0) is 0 Å². The van der Waals surface area contributed by atoms with Gasteiger partial charge in [0, 0.05) is 18.4 Å². The van der Waals surface area contributed by atoms with Crippen molar-refractivity contribution in [1.29, 1.82) is 0 Å². The molecule has 2 aromatic rings. The van der Waals surface area contributed by atoms with Crippen LogP contribution in [0.1, 0.15) is 37.3 Å². The monoisotopic (exact) mass is 241 g/mol. The first-order valence-electron chi connectivity index (χ1n) is 6.75. The first-order valence-corrected chi connectivity index (χ1v) is 6.75. The molecule has 1 N–H and O–H groups in total. The highest BCUT2D eigenvalue weighted by Crippen LogP contribution is 2.34. The molecule has 1 atom stereocenters. The summed E-state index contributed by atoms with van der Waals surface area (Å²) in [7, 11) is 2.05. The predicted molar refractivity (Wildman–Crippen MR) is 73.3 cm³/mol. The van der Waals surface area contributed by atoms with Crippen LogP contribution in [0, 0.1) is 5.92 Å². The number of benzene rings is 1. The summed E-state index contributed by atoms with van der Waals surface area (Å²) in [5.41, 5.74) is 3.29. The third kappa shape index (κ3) is 2.23. The van der Waals surface area contributed by atoms with E-state index in [1.165, 1.54) is 31.2 Å². The number of aromatic nitrogens is 2. The first-order chi connectivity index (χ1) is 8.86.